The van der Waals surface area contributed by atoms with Crippen LogP contribution in [0, 0.1) is 0 Å². The van der Waals surface area contributed by atoms with Gasteiger partial charge in [-0.15, -0.1) is 0 Å². The van der Waals surface area contributed by atoms with Crippen LogP contribution in [0.2, 0.25) is 5.02 Å². The van der Waals surface area contributed by atoms with E-state index in [0.29, 0.717) is 5.02 Å². The second-order valence-corrected chi connectivity index (χ2v) is 7.50. The number of anilines is 1. The maximum absolute atomic E-state index is 12.8. The highest BCUT2D eigenvalue weighted by Gasteiger charge is 2.43. The molecule has 0 spiro atoms. The molecule has 128 valence electrons. The number of halogens is 1. The molecule has 0 aliphatic carbocycles. The molecule has 25 heavy (non-hydrogen) atoms. The highest BCUT2D eigenvalue weighted by molar-refractivity contribution is 6.30. The van der Waals surface area contributed by atoms with Crippen LogP contribution < -0.4 is 4.90 Å². The quantitative estimate of drug-likeness (QED) is 0.726. The molecule has 0 fully saturated rings. The molecule has 1 amide bonds. The molecule has 1 aliphatic rings. The predicted molar refractivity (Wildman–Crippen MR) is 102 cm³/mol. The molecule has 0 saturated heterocycles. The molecule has 0 atom stereocenters. The Kier molecular flexibility index (Phi) is 3.62. The van der Waals surface area contributed by atoms with Crippen molar-refractivity contribution in [1.82, 2.24) is 9.97 Å². The van der Waals surface area contributed by atoms with E-state index in [1.54, 1.807) is 0 Å². The standard InChI is InChI=1S/C20H20ClN3O/c1-4-9-24-17-11-16-15(10-14(17)20(2,3)19(24)25)22-18(23-16)12-5-7-13(21)8-6-12/h5-8,10-11H,4,9H2,1-3H3,(H,22,23). The van der Waals surface area contributed by atoms with Crippen LogP contribution in [0.5, 0.6) is 0 Å². The molecule has 0 radical (unpaired) electrons. The molecule has 4 nitrogen and oxygen atoms in total. The normalized spacial score (nSPS) is 15.8. The van der Waals surface area contributed by atoms with Crippen molar-refractivity contribution in [3.63, 3.8) is 0 Å². The van der Waals surface area contributed by atoms with E-state index in [0.717, 1.165) is 46.6 Å². The third-order valence-corrected chi connectivity index (χ3v) is 5.16. The van der Waals surface area contributed by atoms with Crippen LogP contribution in [0.15, 0.2) is 36.4 Å². The summed E-state index contributed by atoms with van der Waals surface area (Å²) in [6.45, 7) is 6.80. The number of imidazole rings is 1. The number of amides is 1. The molecular formula is C20H20ClN3O. The molecule has 4 rings (SSSR count). The van der Waals surface area contributed by atoms with Gasteiger partial charge in [0, 0.05) is 17.1 Å². The summed E-state index contributed by atoms with van der Waals surface area (Å²) in [5.41, 5.74) is 4.34. The van der Waals surface area contributed by atoms with Gasteiger partial charge >= 0.3 is 0 Å². The average Bonchev–Trinajstić information content (AvgIpc) is 3.08. The molecule has 3 aromatic rings. The zero-order valence-electron chi connectivity index (χ0n) is 14.6. The summed E-state index contributed by atoms with van der Waals surface area (Å²) >= 11 is 5.97. The van der Waals surface area contributed by atoms with Crippen LogP contribution in [0.25, 0.3) is 22.4 Å². The lowest BCUT2D eigenvalue weighted by Gasteiger charge is -2.19. The first-order valence-electron chi connectivity index (χ1n) is 8.54. The predicted octanol–water partition coefficient (Wildman–Crippen LogP) is 4.92. The molecule has 0 bridgehead atoms. The summed E-state index contributed by atoms with van der Waals surface area (Å²) < 4.78 is 0. The summed E-state index contributed by atoms with van der Waals surface area (Å²) in [6.07, 6.45) is 0.926. The molecule has 1 aliphatic heterocycles. The number of nitrogens with one attached hydrogen (secondary N) is 1. The van der Waals surface area contributed by atoms with E-state index in [4.69, 9.17) is 16.6 Å². The number of carbonyl (C=O) groups excluding carboxylic acids is 1. The number of aromatic nitrogens is 2. The Morgan fingerprint density at radius 1 is 1.20 bits per heavy atom. The molecule has 5 heteroatoms. The first-order chi connectivity index (χ1) is 11.9. The Bertz CT molecular complexity index is 973. The number of H-pyrrole nitrogens is 1. The lowest BCUT2D eigenvalue weighted by atomic mass is 9.86. The molecule has 2 heterocycles. The Morgan fingerprint density at radius 2 is 1.92 bits per heavy atom. The number of carbonyl (C=O) groups is 1. The third-order valence-electron chi connectivity index (χ3n) is 4.91. The van der Waals surface area contributed by atoms with Gasteiger partial charge in [0.25, 0.3) is 0 Å². The monoisotopic (exact) mass is 353 g/mol. The lowest BCUT2D eigenvalue weighted by Crippen LogP contribution is -2.36. The van der Waals surface area contributed by atoms with Crippen LogP contribution in [-0.2, 0) is 10.2 Å². The van der Waals surface area contributed by atoms with Crippen molar-refractivity contribution in [2.75, 3.05) is 11.4 Å². The minimum atomic E-state index is -0.510. The summed E-state index contributed by atoms with van der Waals surface area (Å²) in [5, 5.41) is 0.703. The molecule has 0 saturated carbocycles. The van der Waals surface area contributed by atoms with Crippen molar-refractivity contribution < 1.29 is 4.79 Å². The molecular weight excluding hydrogens is 334 g/mol. The maximum Gasteiger partial charge on any atom is 0.237 e. The zero-order valence-corrected chi connectivity index (χ0v) is 15.3. The minimum absolute atomic E-state index is 0.162. The number of rotatable bonds is 3. The Hall–Kier alpha value is -2.33. The first-order valence-corrected chi connectivity index (χ1v) is 8.91. The largest absolute Gasteiger partial charge is 0.338 e. The summed E-state index contributed by atoms with van der Waals surface area (Å²) in [5.74, 6) is 0.969. The van der Waals surface area contributed by atoms with Gasteiger partial charge in [-0.2, -0.15) is 0 Å². The highest BCUT2D eigenvalue weighted by atomic mass is 35.5. The number of benzene rings is 2. The number of fused-ring (bicyclic) bond motifs is 2. The van der Waals surface area contributed by atoms with Gasteiger partial charge in [-0.05, 0) is 62.2 Å². The second-order valence-electron chi connectivity index (χ2n) is 7.06. The summed E-state index contributed by atoms with van der Waals surface area (Å²) in [6, 6.07) is 11.7. The van der Waals surface area contributed by atoms with Gasteiger partial charge < -0.3 is 9.88 Å². The number of hydrogen-bond acceptors (Lipinski definition) is 2. The average molecular weight is 354 g/mol. The summed E-state index contributed by atoms with van der Waals surface area (Å²) in [7, 11) is 0. The van der Waals surface area contributed by atoms with E-state index < -0.39 is 5.41 Å². The zero-order chi connectivity index (χ0) is 17.8. The van der Waals surface area contributed by atoms with Crippen molar-refractivity contribution >= 4 is 34.2 Å². The van der Waals surface area contributed by atoms with Gasteiger partial charge in [-0.25, -0.2) is 4.98 Å². The van der Waals surface area contributed by atoms with Crippen LogP contribution in [0.4, 0.5) is 5.69 Å². The fraction of sp³-hybridized carbons (Fsp3) is 0.300. The molecule has 0 unspecified atom stereocenters. The fourth-order valence-corrected chi connectivity index (χ4v) is 3.65. The van der Waals surface area contributed by atoms with E-state index in [1.165, 1.54) is 0 Å². The first kappa shape index (κ1) is 16.2. The summed E-state index contributed by atoms with van der Waals surface area (Å²) in [4.78, 5) is 22.8. The second kappa shape index (κ2) is 5.60. The van der Waals surface area contributed by atoms with Crippen molar-refractivity contribution in [3.8, 4) is 11.4 Å². The highest BCUT2D eigenvalue weighted by Crippen LogP contribution is 2.43. The lowest BCUT2D eigenvalue weighted by molar-refractivity contribution is -0.122. The van der Waals surface area contributed by atoms with E-state index >= 15 is 0 Å². The number of nitrogens with zero attached hydrogens (tertiary/aromatic N) is 2. The van der Waals surface area contributed by atoms with E-state index in [1.807, 2.05) is 49.1 Å². The number of hydrogen-bond donors (Lipinski definition) is 1. The van der Waals surface area contributed by atoms with Gasteiger partial charge in [0.15, 0.2) is 0 Å². The van der Waals surface area contributed by atoms with Gasteiger partial charge in [0.05, 0.1) is 22.1 Å². The minimum Gasteiger partial charge on any atom is -0.338 e. The van der Waals surface area contributed by atoms with Crippen molar-refractivity contribution in [2.45, 2.75) is 32.6 Å². The van der Waals surface area contributed by atoms with Crippen LogP contribution in [-0.4, -0.2) is 22.4 Å². The fourth-order valence-electron chi connectivity index (χ4n) is 3.52. The van der Waals surface area contributed by atoms with Gasteiger partial charge in [-0.3, -0.25) is 4.79 Å². The maximum atomic E-state index is 12.8. The van der Waals surface area contributed by atoms with Crippen LogP contribution >= 0.6 is 11.6 Å². The van der Waals surface area contributed by atoms with E-state index in [9.17, 15) is 4.79 Å². The number of aromatic amines is 1. The third kappa shape index (κ3) is 2.44. The molecule has 2 aromatic carbocycles. The topological polar surface area (TPSA) is 49.0 Å². The van der Waals surface area contributed by atoms with Crippen LogP contribution in [0.1, 0.15) is 32.8 Å². The van der Waals surface area contributed by atoms with E-state index in [2.05, 4.69) is 18.0 Å². The van der Waals surface area contributed by atoms with Gasteiger partial charge in [0.2, 0.25) is 5.91 Å². The molecule has 1 aromatic heterocycles. The van der Waals surface area contributed by atoms with Crippen LogP contribution in [0.3, 0.4) is 0 Å². The van der Waals surface area contributed by atoms with Gasteiger partial charge in [0.1, 0.15) is 5.82 Å². The smallest absolute Gasteiger partial charge is 0.237 e. The molecule has 1 N–H and O–H groups in total. The van der Waals surface area contributed by atoms with Gasteiger partial charge in [-0.1, -0.05) is 18.5 Å². The van der Waals surface area contributed by atoms with E-state index in [-0.39, 0.29) is 5.91 Å². The Labute approximate surface area is 151 Å². The Balaban J connectivity index is 1.86. The van der Waals surface area contributed by atoms with Crippen molar-refractivity contribution in [2.24, 2.45) is 0 Å². The van der Waals surface area contributed by atoms with Crippen molar-refractivity contribution in [1.29, 1.82) is 0 Å². The van der Waals surface area contributed by atoms with Crippen molar-refractivity contribution in [3.05, 3.63) is 47.0 Å². The Morgan fingerprint density at radius 3 is 2.60 bits per heavy atom. The SMILES string of the molecule is CCCN1C(=O)C(C)(C)c2cc3[nH]c(-c4ccc(Cl)cc4)nc3cc21.